The number of cyclic esters (lactones) is 1. The number of rotatable bonds is 20. The minimum absolute atomic E-state index is 0.0425. The molecule has 0 saturated carbocycles. The second kappa shape index (κ2) is 49.1. The Labute approximate surface area is 880 Å². The van der Waals surface area contributed by atoms with Crippen molar-refractivity contribution in [2.24, 2.45) is 35.3 Å². The van der Waals surface area contributed by atoms with Crippen molar-refractivity contribution in [1.29, 1.82) is 0 Å². The standard InChI is InChI=1S/C22H23Cl3N2O.C21H22Cl3N3O.C21H23Cl3N2O2S.C21H21Cl3N2O2.C19H21Cl3N2/c23-16-4-7-18(8-5-16)27-14-15(13-26-11-1-2-22(26)28)3-10-21(27)19-9-6-17(24)12-20(19)25;22-15-2-5-17(6-3-15)27-13-14(12-26-10-9-25-21(26)28)1-8-20(27)18-7-4-16(23)11-19(18)24;22-16-3-6-18(7-4-16)26-14-15(13-25-10-1-11-29(25,27)28)2-9-21(26)19-8-5-17(23)12-20(19)24;22-15-2-5-17(6-3-15)26-13-14(12-25-9-10-28-21(25)27)1-8-20(26)18-7-4-16(23)11-19(18)24;20-14-2-5-16(6-3-14)24-12-13(9-10-23)1-8-19(24)17-7-4-15(21)11-18(17)22/h4-9,12,15,21H,1-3,10-11,13-14H2;2-7,11,14,20H,1,8-10,12-13H2,(H,25,28);3-8,12,15,21H,1-2,9-11,13-14H2;2-7,11,14,20H,1,8-10,12-13H2;2-7,11,13,19H,1,8-10,12,23H2/t15-,21?;14-,20?;15-,21?;14-,20?;13-,19-/m00000/s1. The number of nitrogens with two attached hydrogens (primary N) is 1. The van der Waals surface area contributed by atoms with Gasteiger partial charge in [0.05, 0.1) is 42.5 Å². The van der Waals surface area contributed by atoms with Crippen LogP contribution in [0, 0.1) is 29.6 Å². The third-order valence-electron chi connectivity index (χ3n) is 27.4. The van der Waals surface area contributed by atoms with E-state index in [0.29, 0.717) is 129 Å². The monoisotopic (exact) mass is 2170 g/mol. The highest BCUT2D eigenvalue weighted by Gasteiger charge is 2.41. The topological polar surface area (TPSA) is 162 Å². The summed E-state index contributed by atoms with van der Waals surface area (Å²) in [4.78, 5) is 53.5. The minimum Gasteiger partial charge on any atom is -0.448 e. The van der Waals surface area contributed by atoms with Gasteiger partial charge in [0.25, 0.3) is 0 Å². The van der Waals surface area contributed by atoms with Gasteiger partial charge < -0.3 is 55.0 Å². The number of hydrogen-bond donors (Lipinski definition) is 2. The van der Waals surface area contributed by atoms with Crippen LogP contribution in [0.25, 0.3) is 0 Å². The average Bonchev–Trinajstić information content (AvgIpc) is 1.76. The maximum absolute atomic E-state index is 12.3. The summed E-state index contributed by atoms with van der Waals surface area (Å²) in [5.74, 6) is 2.64. The third kappa shape index (κ3) is 27.7. The molecule has 728 valence electrons. The molecule has 9 aliphatic heterocycles. The van der Waals surface area contributed by atoms with Gasteiger partial charge in [-0.15, -0.1) is 0 Å². The Morgan fingerprint density at radius 2 is 0.613 bits per heavy atom. The zero-order valence-electron chi connectivity index (χ0n) is 75.5. The van der Waals surface area contributed by atoms with Gasteiger partial charge in [0.2, 0.25) is 15.9 Å². The summed E-state index contributed by atoms with van der Waals surface area (Å²) in [7, 11) is -3.09. The number of piperidine rings is 5. The van der Waals surface area contributed by atoms with Crippen molar-refractivity contribution >= 4 is 231 Å². The molecule has 9 fully saturated rings. The van der Waals surface area contributed by atoms with Crippen LogP contribution >= 0.6 is 174 Å². The highest BCUT2D eigenvalue weighted by molar-refractivity contribution is 7.89. The molecule has 17 nitrogen and oxygen atoms in total. The first kappa shape index (κ1) is 105. The Kier molecular flexibility index (Phi) is 37.6. The molecule has 0 spiro atoms. The van der Waals surface area contributed by atoms with E-state index in [1.54, 1.807) is 27.4 Å². The summed E-state index contributed by atoms with van der Waals surface area (Å²) in [6.07, 6.45) is 13.3. The van der Waals surface area contributed by atoms with E-state index in [1.807, 2.05) is 180 Å². The zero-order chi connectivity index (χ0) is 96.7. The number of carbonyl (C=O) groups excluding carboxylic acids is 3. The van der Waals surface area contributed by atoms with Crippen LogP contribution in [0.15, 0.2) is 212 Å². The molecule has 10 aromatic rings. The third-order valence-corrected chi connectivity index (χ3v) is 33.4. The van der Waals surface area contributed by atoms with Gasteiger partial charge in [-0.05, 0) is 329 Å². The quantitative estimate of drug-likeness (QED) is 0.0744. The average molecular weight is 2170 g/mol. The van der Waals surface area contributed by atoms with Gasteiger partial charge in [0, 0.05) is 195 Å². The lowest BCUT2D eigenvalue weighted by atomic mass is 9.86. The first-order valence-electron chi connectivity index (χ1n) is 46.7. The molecule has 0 bridgehead atoms. The number of likely N-dealkylation sites (tertiary alicyclic amines) is 1. The Hall–Kier alpha value is -6.57. The summed E-state index contributed by atoms with van der Waals surface area (Å²) in [6.45, 7) is 12.1. The number of anilines is 5. The first-order valence-corrected chi connectivity index (χ1v) is 54.0. The molecule has 19 rings (SSSR count). The van der Waals surface area contributed by atoms with E-state index in [0.717, 1.165) is 227 Å². The van der Waals surface area contributed by atoms with Crippen molar-refractivity contribution < 1.29 is 27.5 Å². The molecule has 10 aromatic carbocycles. The predicted molar refractivity (Wildman–Crippen MR) is 571 cm³/mol. The van der Waals surface area contributed by atoms with E-state index < -0.39 is 10.0 Å². The number of carbonyl (C=O) groups is 3. The van der Waals surface area contributed by atoms with E-state index in [9.17, 15) is 22.8 Å². The molecule has 4 amide bonds. The smallest absolute Gasteiger partial charge is 0.409 e. The van der Waals surface area contributed by atoms with Crippen molar-refractivity contribution in [1.82, 2.24) is 24.3 Å². The lowest BCUT2D eigenvalue weighted by molar-refractivity contribution is -0.128. The lowest BCUT2D eigenvalue weighted by Gasteiger charge is -2.43. The summed E-state index contributed by atoms with van der Waals surface area (Å²) in [5, 5.41) is 13.1. The molecule has 9 aliphatic rings. The summed E-state index contributed by atoms with van der Waals surface area (Å²) >= 11 is 93.6. The van der Waals surface area contributed by atoms with Gasteiger partial charge in [-0.1, -0.05) is 204 Å². The Balaban J connectivity index is 0.000000130. The fraction of sp³-hybridized carbons (Fsp3) is 0.394. The van der Waals surface area contributed by atoms with E-state index in [-0.39, 0.29) is 54.0 Å². The Morgan fingerprint density at radius 3 is 0.876 bits per heavy atom. The molecular formula is C104H110Cl15N11O6S. The van der Waals surface area contributed by atoms with Crippen molar-refractivity contribution in [3.63, 3.8) is 0 Å². The van der Waals surface area contributed by atoms with Gasteiger partial charge >= 0.3 is 12.1 Å². The maximum atomic E-state index is 12.3. The number of nitrogens with zero attached hydrogens (tertiary/aromatic N) is 9. The fourth-order valence-electron chi connectivity index (χ4n) is 20.7. The number of nitrogens with one attached hydrogen (secondary N) is 1. The largest absolute Gasteiger partial charge is 0.448 e. The molecule has 10 atom stereocenters. The van der Waals surface area contributed by atoms with E-state index in [2.05, 4.69) is 54.1 Å². The molecule has 33 heteroatoms. The molecule has 0 radical (unpaired) electrons. The number of amides is 4. The highest BCUT2D eigenvalue weighted by Crippen LogP contribution is 2.49. The van der Waals surface area contributed by atoms with Gasteiger partial charge in [0.15, 0.2) is 0 Å². The predicted octanol–water partition coefficient (Wildman–Crippen LogP) is 29.5. The molecular weight excluding hydrogens is 2060 g/mol. The molecule has 0 aliphatic carbocycles. The lowest BCUT2D eigenvalue weighted by Crippen LogP contribution is -2.43. The number of ether oxygens (including phenoxy) is 1. The summed E-state index contributed by atoms with van der Waals surface area (Å²) < 4.78 is 31.2. The number of urea groups is 1. The van der Waals surface area contributed by atoms with Crippen molar-refractivity contribution in [2.75, 3.05) is 135 Å². The number of hydrogen-bond acceptors (Lipinski definition) is 12. The Morgan fingerprint density at radius 1 is 0.321 bits per heavy atom. The molecule has 4 unspecified atom stereocenters. The molecule has 9 saturated heterocycles. The van der Waals surface area contributed by atoms with Crippen molar-refractivity contribution in [2.45, 2.75) is 120 Å². The van der Waals surface area contributed by atoms with Crippen LogP contribution in [0.2, 0.25) is 75.3 Å². The molecule has 9 heterocycles. The van der Waals surface area contributed by atoms with Gasteiger partial charge in [0.1, 0.15) is 6.61 Å². The minimum atomic E-state index is -3.09. The normalized spacial score (nSPS) is 22.8. The van der Waals surface area contributed by atoms with Crippen molar-refractivity contribution in [3.8, 4) is 0 Å². The summed E-state index contributed by atoms with van der Waals surface area (Å²) in [5.41, 5.74) is 16.7. The highest BCUT2D eigenvalue weighted by atomic mass is 35.5. The molecule has 0 aromatic heterocycles. The van der Waals surface area contributed by atoms with Crippen LogP contribution in [-0.2, 0) is 19.6 Å². The van der Waals surface area contributed by atoms with Gasteiger partial charge in [-0.25, -0.2) is 22.3 Å². The Bertz CT molecular complexity index is 5550. The van der Waals surface area contributed by atoms with E-state index >= 15 is 0 Å². The van der Waals surface area contributed by atoms with E-state index in [4.69, 9.17) is 184 Å². The summed E-state index contributed by atoms with van der Waals surface area (Å²) in [6, 6.07) is 69.0. The number of halogens is 15. The van der Waals surface area contributed by atoms with Gasteiger partial charge in [-0.2, -0.15) is 0 Å². The van der Waals surface area contributed by atoms with Crippen LogP contribution in [0.3, 0.4) is 0 Å². The fourth-order valence-corrected chi connectivity index (χ4v) is 25.6. The van der Waals surface area contributed by atoms with Gasteiger partial charge in [-0.3, -0.25) is 4.79 Å². The number of benzene rings is 10. The SMILES string of the molecule is NCC[C@@H]1CC[C@@H](c2ccc(Cl)cc2Cl)N(c2ccc(Cl)cc2)C1.O=C1CCCN1C[C@@H]1CCC(c2ccc(Cl)cc2Cl)N(c2ccc(Cl)cc2)C1.O=C1NCCN1C[C@@H]1CCC(c2ccc(Cl)cc2Cl)N(c2ccc(Cl)cc2)C1.O=C1OCCN1C[C@@H]1CCC(c2ccc(Cl)cc2Cl)N(c2ccc(Cl)cc2)C1.O=S1(=O)CCCN1C[C@@H]1CCC(c2ccc(Cl)cc2Cl)N(c2ccc(Cl)cc2)C1. The van der Waals surface area contributed by atoms with E-state index in [1.165, 1.54) is 0 Å². The molecule has 3 N–H and O–H groups in total. The van der Waals surface area contributed by atoms with Crippen LogP contribution in [0.1, 0.15) is 148 Å². The van der Waals surface area contributed by atoms with Crippen LogP contribution in [0.5, 0.6) is 0 Å². The van der Waals surface area contributed by atoms with Crippen LogP contribution in [0.4, 0.5) is 38.0 Å². The zero-order valence-corrected chi connectivity index (χ0v) is 87.7. The second-order valence-electron chi connectivity index (χ2n) is 36.6. The van der Waals surface area contributed by atoms with Crippen LogP contribution < -0.4 is 35.6 Å². The second-order valence-corrected chi connectivity index (χ2v) is 45.0. The molecule has 137 heavy (non-hydrogen) atoms. The van der Waals surface area contributed by atoms with Crippen LogP contribution in [-0.4, -0.2) is 156 Å². The maximum Gasteiger partial charge on any atom is 0.409 e. The van der Waals surface area contributed by atoms with Crippen molar-refractivity contribution in [3.05, 3.63) is 315 Å². The first-order chi connectivity index (χ1) is 65.9. The number of sulfonamides is 1.